The normalized spacial score (nSPS) is 18.5. The maximum Gasteiger partial charge on any atom is 0.194 e. The number of rotatable bonds is 5. The Balaban J connectivity index is 1.60. The summed E-state index contributed by atoms with van der Waals surface area (Å²) in [5.74, 6) is -4.55. The number of hydrogen-bond donors (Lipinski definition) is 0. The average molecular weight is 430 g/mol. The van der Waals surface area contributed by atoms with Crippen LogP contribution < -0.4 is 0 Å². The van der Waals surface area contributed by atoms with Gasteiger partial charge in [-0.25, -0.2) is 22.0 Å². The van der Waals surface area contributed by atoms with Crippen molar-refractivity contribution in [3.05, 3.63) is 83.2 Å². The molecule has 1 aliphatic carbocycles. The van der Waals surface area contributed by atoms with E-state index in [1.54, 1.807) is 6.07 Å². The SMILES string of the molecule is CCCC1CCC(c2ccc(-c3ccc(-c4cc(F)c(F)c(F)c4)c(F)c3)c(F)c2)C1. The quantitative estimate of drug-likeness (QED) is 0.282. The molecule has 4 rings (SSSR count). The molecule has 2 atom stereocenters. The van der Waals surface area contributed by atoms with Crippen LogP contribution in [0, 0.1) is 35.0 Å². The van der Waals surface area contributed by atoms with Gasteiger partial charge in [-0.1, -0.05) is 44.0 Å². The molecule has 0 aromatic heterocycles. The van der Waals surface area contributed by atoms with Crippen molar-refractivity contribution in [1.82, 2.24) is 0 Å². The summed E-state index contributed by atoms with van der Waals surface area (Å²) in [5, 5.41) is 0. The van der Waals surface area contributed by atoms with Gasteiger partial charge in [-0.3, -0.25) is 0 Å². The average Bonchev–Trinajstić information content (AvgIpc) is 3.20. The molecule has 0 spiro atoms. The second kappa shape index (κ2) is 8.81. The lowest BCUT2D eigenvalue weighted by Gasteiger charge is -2.14. The Morgan fingerprint density at radius 1 is 0.710 bits per heavy atom. The van der Waals surface area contributed by atoms with Crippen LogP contribution in [0.3, 0.4) is 0 Å². The van der Waals surface area contributed by atoms with E-state index < -0.39 is 29.1 Å². The molecular weight excluding hydrogens is 407 g/mol. The fourth-order valence-corrected chi connectivity index (χ4v) is 4.70. The van der Waals surface area contributed by atoms with E-state index in [4.69, 9.17) is 0 Å². The van der Waals surface area contributed by atoms with Crippen molar-refractivity contribution < 1.29 is 22.0 Å². The maximum absolute atomic E-state index is 14.9. The van der Waals surface area contributed by atoms with E-state index in [2.05, 4.69) is 6.92 Å². The largest absolute Gasteiger partial charge is 0.206 e. The summed E-state index contributed by atoms with van der Waals surface area (Å²) < 4.78 is 69.8. The monoisotopic (exact) mass is 430 g/mol. The molecule has 0 heterocycles. The highest BCUT2D eigenvalue weighted by Crippen LogP contribution is 2.41. The van der Waals surface area contributed by atoms with Crippen molar-refractivity contribution in [1.29, 1.82) is 0 Å². The fraction of sp³-hybridized carbons (Fsp3) is 0.308. The summed E-state index contributed by atoms with van der Waals surface area (Å²) in [7, 11) is 0. The molecule has 0 N–H and O–H groups in total. The summed E-state index contributed by atoms with van der Waals surface area (Å²) >= 11 is 0. The molecule has 0 radical (unpaired) electrons. The van der Waals surface area contributed by atoms with Gasteiger partial charge in [0.15, 0.2) is 17.5 Å². The van der Waals surface area contributed by atoms with Crippen molar-refractivity contribution >= 4 is 0 Å². The predicted octanol–water partition coefficient (Wildman–Crippen LogP) is 8.40. The maximum atomic E-state index is 14.9. The van der Waals surface area contributed by atoms with Crippen molar-refractivity contribution in [2.45, 2.75) is 44.9 Å². The van der Waals surface area contributed by atoms with Gasteiger partial charge >= 0.3 is 0 Å². The van der Waals surface area contributed by atoms with Gasteiger partial charge in [0.1, 0.15) is 11.6 Å². The van der Waals surface area contributed by atoms with Gasteiger partial charge in [-0.2, -0.15) is 0 Å². The molecule has 3 aromatic carbocycles. The van der Waals surface area contributed by atoms with E-state index in [0.29, 0.717) is 17.4 Å². The molecular formula is C26H23F5. The number of hydrogen-bond acceptors (Lipinski definition) is 0. The van der Waals surface area contributed by atoms with Crippen molar-refractivity contribution in [3.8, 4) is 22.3 Å². The van der Waals surface area contributed by atoms with Gasteiger partial charge in [0.05, 0.1) is 0 Å². The molecule has 3 aromatic rings. The minimum absolute atomic E-state index is 0.0912. The van der Waals surface area contributed by atoms with E-state index in [0.717, 1.165) is 43.0 Å². The van der Waals surface area contributed by atoms with Crippen LogP contribution in [0.4, 0.5) is 22.0 Å². The molecule has 31 heavy (non-hydrogen) atoms. The van der Waals surface area contributed by atoms with Crippen LogP contribution >= 0.6 is 0 Å². The lowest BCUT2D eigenvalue weighted by Crippen LogP contribution is -1.98. The van der Waals surface area contributed by atoms with Crippen LogP contribution in [0.1, 0.15) is 50.5 Å². The lowest BCUT2D eigenvalue weighted by atomic mass is 9.92. The molecule has 0 amide bonds. The van der Waals surface area contributed by atoms with E-state index in [9.17, 15) is 22.0 Å². The zero-order valence-electron chi connectivity index (χ0n) is 17.2. The molecule has 1 fully saturated rings. The van der Waals surface area contributed by atoms with Crippen LogP contribution in [0.2, 0.25) is 0 Å². The van der Waals surface area contributed by atoms with Crippen molar-refractivity contribution in [2.75, 3.05) is 0 Å². The predicted molar refractivity (Wildman–Crippen MR) is 112 cm³/mol. The summed E-state index contributed by atoms with van der Waals surface area (Å²) in [4.78, 5) is 0. The van der Waals surface area contributed by atoms with Crippen LogP contribution in [0.25, 0.3) is 22.3 Å². The van der Waals surface area contributed by atoms with E-state index >= 15 is 0 Å². The molecule has 162 valence electrons. The Kier molecular flexibility index (Phi) is 6.12. The first kappa shape index (κ1) is 21.5. The Morgan fingerprint density at radius 3 is 1.97 bits per heavy atom. The topological polar surface area (TPSA) is 0 Å². The first-order chi connectivity index (χ1) is 14.9. The highest BCUT2D eigenvalue weighted by molar-refractivity contribution is 5.71. The minimum atomic E-state index is -1.61. The molecule has 5 heteroatoms. The summed E-state index contributed by atoms with van der Waals surface area (Å²) in [6.07, 6.45) is 5.64. The van der Waals surface area contributed by atoms with Gasteiger partial charge in [0, 0.05) is 11.1 Å². The Bertz CT molecular complexity index is 1080. The highest BCUT2D eigenvalue weighted by atomic mass is 19.2. The minimum Gasteiger partial charge on any atom is -0.206 e. The standard InChI is InChI=1S/C26H23F5/c1-2-3-15-4-5-16(10-15)17-6-8-20(22(27)11-17)18-7-9-21(23(28)12-18)19-13-24(29)26(31)25(30)14-19/h6-9,11-16H,2-5,10H2,1H3. The molecule has 0 nitrogen and oxygen atoms in total. The summed E-state index contributed by atoms with van der Waals surface area (Å²) in [5.41, 5.74) is 1.33. The van der Waals surface area contributed by atoms with Crippen LogP contribution in [-0.4, -0.2) is 0 Å². The van der Waals surface area contributed by atoms with Gasteiger partial charge in [0.25, 0.3) is 0 Å². The smallest absolute Gasteiger partial charge is 0.194 e. The van der Waals surface area contributed by atoms with Gasteiger partial charge in [0.2, 0.25) is 0 Å². The molecule has 2 unspecified atom stereocenters. The summed E-state index contributed by atoms with van der Waals surface area (Å²) in [6.45, 7) is 2.18. The molecule has 0 aliphatic heterocycles. The third-order valence-electron chi connectivity index (χ3n) is 6.28. The molecule has 1 aliphatic rings. The third-order valence-corrected chi connectivity index (χ3v) is 6.28. The lowest BCUT2D eigenvalue weighted by molar-refractivity contribution is 0.447. The Morgan fingerprint density at radius 2 is 1.32 bits per heavy atom. The molecule has 1 saturated carbocycles. The van der Waals surface area contributed by atoms with Crippen molar-refractivity contribution in [3.63, 3.8) is 0 Å². The fourth-order valence-electron chi connectivity index (χ4n) is 4.70. The van der Waals surface area contributed by atoms with E-state index in [-0.39, 0.29) is 16.7 Å². The van der Waals surface area contributed by atoms with E-state index in [1.165, 1.54) is 31.0 Å². The Hall–Kier alpha value is -2.69. The number of halogens is 5. The van der Waals surface area contributed by atoms with Crippen LogP contribution in [0.5, 0.6) is 0 Å². The van der Waals surface area contributed by atoms with E-state index in [1.807, 2.05) is 6.07 Å². The number of benzene rings is 3. The van der Waals surface area contributed by atoms with Crippen LogP contribution in [-0.2, 0) is 0 Å². The van der Waals surface area contributed by atoms with Gasteiger partial charge in [-0.05, 0) is 72.1 Å². The first-order valence-electron chi connectivity index (χ1n) is 10.6. The van der Waals surface area contributed by atoms with Crippen LogP contribution in [0.15, 0.2) is 48.5 Å². The second-order valence-electron chi connectivity index (χ2n) is 8.35. The van der Waals surface area contributed by atoms with Crippen molar-refractivity contribution in [2.24, 2.45) is 5.92 Å². The first-order valence-corrected chi connectivity index (χ1v) is 10.6. The Labute approximate surface area is 178 Å². The van der Waals surface area contributed by atoms with Gasteiger partial charge < -0.3 is 0 Å². The molecule has 0 saturated heterocycles. The third kappa shape index (κ3) is 4.36. The summed E-state index contributed by atoms with van der Waals surface area (Å²) in [6, 6.07) is 10.5. The molecule has 0 bridgehead atoms. The zero-order chi connectivity index (χ0) is 22.1. The highest BCUT2D eigenvalue weighted by Gasteiger charge is 2.26. The van der Waals surface area contributed by atoms with Gasteiger partial charge in [-0.15, -0.1) is 0 Å². The zero-order valence-corrected chi connectivity index (χ0v) is 17.2. The second-order valence-corrected chi connectivity index (χ2v) is 8.35.